The monoisotopic (exact) mass is 383 g/mol. The summed E-state index contributed by atoms with van der Waals surface area (Å²) in [4.78, 5) is 36.5. The second-order valence-corrected chi connectivity index (χ2v) is 6.15. The van der Waals surface area contributed by atoms with E-state index < -0.39 is 30.6 Å². The number of esters is 1. The molecule has 5 nitrogen and oxygen atoms in total. The number of alkyl halides is 3. The minimum atomic E-state index is -4.95. The van der Waals surface area contributed by atoms with Gasteiger partial charge in [0.15, 0.2) is 12.4 Å². The van der Waals surface area contributed by atoms with Crippen LogP contribution in [0.25, 0.3) is 0 Å². The number of ether oxygens (including phenoxy) is 1. The number of aryl methyl sites for hydroxylation is 1. The number of likely N-dealkylation sites (tertiary alicyclic amines) is 1. The number of carbonyl (C=O) groups is 3. The Morgan fingerprint density at radius 2 is 1.89 bits per heavy atom. The highest BCUT2D eigenvalue weighted by atomic mass is 19.4. The highest BCUT2D eigenvalue weighted by molar-refractivity contribution is 5.98. The molecule has 0 amide bonds. The normalized spacial score (nSPS) is 17.3. The van der Waals surface area contributed by atoms with Crippen molar-refractivity contribution in [1.29, 1.82) is 0 Å². The van der Waals surface area contributed by atoms with Crippen molar-refractivity contribution in [3.8, 4) is 0 Å². The third kappa shape index (κ3) is 5.67. The SMILES string of the molecule is CCc1ccc(C(=O)COC(=O)[C@@H]2CCCN2/C=C/C(=O)C(F)(F)F)cc1. The van der Waals surface area contributed by atoms with E-state index in [4.69, 9.17) is 4.74 Å². The fraction of sp³-hybridized carbons (Fsp3) is 0.421. The molecule has 1 aromatic carbocycles. The van der Waals surface area contributed by atoms with Crippen LogP contribution in [0.1, 0.15) is 35.7 Å². The average Bonchev–Trinajstić information content (AvgIpc) is 3.11. The van der Waals surface area contributed by atoms with Gasteiger partial charge in [-0.15, -0.1) is 0 Å². The Labute approximate surface area is 154 Å². The van der Waals surface area contributed by atoms with Crippen LogP contribution < -0.4 is 0 Å². The van der Waals surface area contributed by atoms with Crippen LogP contribution in [-0.2, 0) is 20.7 Å². The van der Waals surface area contributed by atoms with E-state index in [9.17, 15) is 27.6 Å². The van der Waals surface area contributed by atoms with Gasteiger partial charge in [-0.1, -0.05) is 31.2 Å². The Balaban J connectivity index is 1.91. The van der Waals surface area contributed by atoms with Gasteiger partial charge >= 0.3 is 12.1 Å². The van der Waals surface area contributed by atoms with E-state index in [1.807, 2.05) is 19.1 Å². The molecule has 1 fully saturated rings. The van der Waals surface area contributed by atoms with Crippen LogP contribution in [0, 0.1) is 0 Å². The van der Waals surface area contributed by atoms with Gasteiger partial charge in [0.05, 0.1) is 0 Å². The number of allylic oxidation sites excluding steroid dienone is 1. The summed E-state index contributed by atoms with van der Waals surface area (Å²) in [6.07, 6.45) is -1.82. The number of nitrogens with zero attached hydrogens (tertiary/aromatic N) is 1. The molecule has 27 heavy (non-hydrogen) atoms. The number of hydrogen-bond acceptors (Lipinski definition) is 5. The molecule has 0 saturated carbocycles. The van der Waals surface area contributed by atoms with Crippen molar-refractivity contribution < 1.29 is 32.3 Å². The predicted molar refractivity (Wildman–Crippen MR) is 91.0 cm³/mol. The number of carbonyl (C=O) groups excluding carboxylic acids is 3. The first-order valence-electron chi connectivity index (χ1n) is 8.56. The van der Waals surface area contributed by atoms with Gasteiger partial charge in [0.25, 0.3) is 5.78 Å². The molecule has 0 N–H and O–H groups in total. The summed E-state index contributed by atoms with van der Waals surface area (Å²) < 4.78 is 41.8. The maximum atomic E-state index is 12.2. The molecule has 1 aliphatic heterocycles. The van der Waals surface area contributed by atoms with E-state index in [0.717, 1.165) is 18.2 Å². The Kier molecular flexibility index (Phi) is 6.76. The second kappa shape index (κ2) is 8.83. The summed E-state index contributed by atoms with van der Waals surface area (Å²) in [6.45, 7) is 1.87. The van der Waals surface area contributed by atoms with Crippen LogP contribution >= 0.6 is 0 Å². The molecule has 146 valence electrons. The molecule has 0 unspecified atom stereocenters. The average molecular weight is 383 g/mol. The molecule has 1 aliphatic rings. The summed E-state index contributed by atoms with van der Waals surface area (Å²) in [7, 11) is 0. The molecule has 0 spiro atoms. The van der Waals surface area contributed by atoms with Crippen LogP contribution in [-0.4, -0.2) is 47.8 Å². The first kappa shape index (κ1) is 20.7. The fourth-order valence-electron chi connectivity index (χ4n) is 2.72. The van der Waals surface area contributed by atoms with E-state index in [0.29, 0.717) is 31.0 Å². The van der Waals surface area contributed by atoms with E-state index in [2.05, 4.69) is 0 Å². The van der Waals surface area contributed by atoms with Gasteiger partial charge in [-0.05, 0) is 24.8 Å². The molecule has 0 aliphatic carbocycles. The summed E-state index contributed by atoms with van der Waals surface area (Å²) in [5.41, 5.74) is 1.49. The highest BCUT2D eigenvalue weighted by Crippen LogP contribution is 2.21. The van der Waals surface area contributed by atoms with Crippen LogP contribution in [0.15, 0.2) is 36.5 Å². The summed E-state index contributed by atoms with van der Waals surface area (Å²) >= 11 is 0. The molecule has 1 atom stereocenters. The van der Waals surface area contributed by atoms with Crippen molar-refractivity contribution in [3.63, 3.8) is 0 Å². The topological polar surface area (TPSA) is 63.7 Å². The first-order chi connectivity index (χ1) is 12.7. The van der Waals surface area contributed by atoms with Gasteiger partial charge in [-0.3, -0.25) is 9.59 Å². The van der Waals surface area contributed by atoms with Gasteiger partial charge in [0.1, 0.15) is 6.04 Å². The minimum Gasteiger partial charge on any atom is -0.456 e. The van der Waals surface area contributed by atoms with Crippen molar-refractivity contribution in [2.75, 3.05) is 13.2 Å². The van der Waals surface area contributed by atoms with Crippen molar-refractivity contribution in [2.24, 2.45) is 0 Å². The standard InChI is InChI=1S/C19H20F3NO4/c1-2-13-5-7-14(8-6-13)16(24)12-27-18(26)15-4-3-10-23(15)11-9-17(25)19(20,21)22/h5-9,11,15H,2-4,10,12H2,1H3/b11-9+/t15-/m0/s1. The van der Waals surface area contributed by atoms with Gasteiger partial charge in [0, 0.05) is 24.4 Å². The number of halogens is 3. The zero-order valence-corrected chi connectivity index (χ0v) is 14.8. The highest BCUT2D eigenvalue weighted by Gasteiger charge is 2.37. The van der Waals surface area contributed by atoms with Crippen LogP contribution in [0.5, 0.6) is 0 Å². The Morgan fingerprint density at radius 1 is 1.22 bits per heavy atom. The van der Waals surface area contributed by atoms with E-state index >= 15 is 0 Å². The smallest absolute Gasteiger partial charge is 0.454 e. The number of rotatable bonds is 7. The van der Waals surface area contributed by atoms with Crippen LogP contribution in [0.2, 0.25) is 0 Å². The zero-order chi connectivity index (χ0) is 20.0. The van der Waals surface area contributed by atoms with Crippen molar-refractivity contribution in [1.82, 2.24) is 4.90 Å². The molecule has 1 saturated heterocycles. The molecule has 0 aromatic heterocycles. The quantitative estimate of drug-likeness (QED) is 0.411. The van der Waals surface area contributed by atoms with E-state index in [-0.39, 0.29) is 5.78 Å². The lowest BCUT2D eigenvalue weighted by Gasteiger charge is -2.21. The van der Waals surface area contributed by atoms with Gasteiger partial charge < -0.3 is 9.64 Å². The third-order valence-electron chi connectivity index (χ3n) is 4.29. The first-order valence-corrected chi connectivity index (χ1v) is 8.56. The zero-order valence-electron chi connectivity index (χ0n) is 14.8. The molecular weight excluding hydrogens is 363 g/mol. The molecule has 0 radical (unpaired) electrons. The lowest BCUT2D eigenvalue weighted by atomic mass is 10.1. The van der Waals surface area contributed by atoms with Crippen molar-refractivity contribution >= 4 is 17.5 Å². The summed E-state index contributed by atoms with van der Waals surface area (Å²) in [5.74, 6) is -3.05. The third-order valence-corrected chi connectivity index (χ3v) is 4.29. The molecule has 1 aromatic rings. The van der Waals surface area contributed by atoms with Gasteiger partial charge in [-0.25, -0.2) is 4.79 Å². The maximum Gasteiger partial charge on any atom is 0.454 e. The lowest BCUT2D eigenvalue weighted by molar-refractivity contribution is -0.165. The maximum absolute atomic E-state index is 12.2. The van der Waals surface area contributed by atoms with E-state index in [1.165, 1.54) is 4.90 Å². The fourth-order valence-corrected chi connectivity index (χ4v) is 2.72. The molecular formula is C19H20F3NO4. The van der Waals surface area contributed by atoms with Crippen molar-refractivity contribution in [3.05, 3.63) is 47.7 Å². The molecule has 0 bridgehead atoms. The predicted octanol–water partition coefficient (Wildman–Crippen LogP) is 3.08. The lowest BCUT2D eigenvalue weighted by Crippen LogP contribution is -2.35. The van der Waals surface area contributed by atoms with E-state index in [1.54, 1.807) is 12.1 Å². The molecule has 1 heterocycles. The van der Waals surface area contributed by atoms with Crippen molar-refractivity contribution in [2.45, 2.75) is 38.4 Å². The largest absolute Gasteiger partial charge is 0.456 e. The second-order valence-electron chi connectivity index (χ2n) is 6.15. The molecule has 8 heteroatoms. The van der Waals surface area contributed by atoms with Gasteiger partial charge in [0.2, 0.25) is 0 Å². The Hall–Kier alpha value is -2.64. The number of Topliss-reactive ketones (excluding diaryl/α,β-unsaturated/α-hetero) is 1. The van der Waals surface area contributed by atoms with Gasteiger partial charge in [-0.2, -0.15) is 13.2 Å². The van der Waals surface area contributed by atoms with Crippen LogP contribution in [0.3, 0.4) is 0 Å². The molecule has 2 rings (SSSR count). The number of hydrogen-bond donors (Lipinski definition) is 0. The Morgan fingerprint density at radius 3 is 2.48 bits per heavy atom. The van der Waals surface area contributed by atoms with Crippen LogP contribution in [0.4, 0.5) is 13.2 Å². The Bertz CT molecular complexity index is 725. The number of ketones is 2. The summed E-state index contributed by atoms with van der Waals surface area (Å²) in [6, 6.07) is 6.13. The number of benzene rings is 1. The minimum absolute atomic E-state index is 0.327. The summed E-state index contributed by atoms with van der Waals surface area (Å²) in [5, 5.41) is 0.